The quantitative estimate of drug-likeness (QED) is 0.362. The second kappa shape index (κ2) is 5.98. The molecule has 5 aromatic rings. The lowest BCUT2D eigenvalue weighted by molar-refractivity contribution is 1.37. The van der Waals surface area contributed by atoms with Gasteiger partial charge in [-0.25, -0.2) is 9.97 Å². The summed E-state index contributed by atoms with van der Waals surface area (Å²) in [5.74, 6) is 0. The van der Waals surface area contributed by atoms with Gasteiger partial charge in [-0.05, 0) is 29.8 Å². The van der Waals surface area contributed by atoms with Crippen molar-refractivity contribution in [3.63, 3.8) is 0 Å². The van der Waals surface area contributed by atoms with Crippen LogP contribution in [0.25, 0.3) is 31.2 Å². The van der Waals surface area contributed by atoms with Crippen LogP contribution < -0.4 is 5.32 Å². The molecule has 0 fully saturated rings. The first-order valence-corrected chi connectivity index (χ1v) is 10.7. The van der Waals surface area contributed by atoms with E-state index in [4.69, 9.17) is 9.97 Å². The molecule has 1 N–H and O–H groups in total. The number of nitrogens with zero attached hydrogens (tertiary/aromatic N) is 2. The minimum atomic E-state index is 0.885. The number of para-hydroxylation sites is 1. The first-order valence-electron chi connectivity index (χ1n) is 7.81. The van der Waals surface area contributed by atoms with E-state index < -0.39 is 0 Å². The van der Waals surface area contributed by atoms with Gasteiger partial charge in [0.25, 0.3) is 0 Å². The van der Waals surface area contributed by atoms with Crippen molar-refractivity contribution < 1.29 is 0 Å². The first-order chi connectivity index (χ1) is 12.3. The third-order valence-corrected chi connectivity index (χ3v) is 6.82. The van der Waals surface area contributed by atoms with Crippen LogP contribution in [0.2, 0.25) is 0 Å². The molecule has 0 aliphatic rings. The molecule has 3 aromatic carbocycles. The van der Waals surface area contributed by atoms with Gasteiger partial charge in [-0.2, -0.15) is 0 Å². The van der Waals surface area contributed by atoms with Crippen molar-refractivity contribution in [1.82, 2.24) is 9.97 Å². The van der Waals surface area contributed by atoms with Crippen molar-refractivity contribution in [2.45, 2.75) is 4.90 Å². The van der Waals surface area contributed by atoms with E-state index in [1.54, 1.807) is 34.4 Å². The molecule has 0 aliphatic carbocycles. The van der Waals surface area contributed by atoms with Gasteiger partial charge in [0.15, 0.2) is 10.3 Å². The minimum absolute atomic E-state index is 0.885. The van der Waals surface area contributed by atoms with Gasteiger partial charge < -0.3 is 5.32 Å². The molecule has 0 saturated heterocycles. The third kappa shape index (κ3) is 2.57. The molecule has 0 spiro atoms. The Bertz CT molecular complexity index is 1220. The van der Waals surface area contributed by atoms with Gasteiger partial charge in [0.1, 0.15) is 0 Å². The lowest BCUT2D eigenvalue weighted by Crippen LogP contribution is -1.87. The summed E-state index contributed by atoms with van der Waals surface area (Å²) in [5, 5.41) is 7.67. The van der Waals surface area contributed by atoms with Crippen LogP contribution in [-0.2, 0) is 0 Å². The van der Waals surface area contributed by atoms with Gasteiger partial charge in [-0.1, -0.05) is 59.1 Å². The molecule has 0 saturated carbocycles. The molecule has 0 aliphatic heterocycles. The Morgan fingerprint density at radius 3 is 2.68 bits per heavy atom. The van der Waals surface area contributed by atoms with Gasteiger partial charge >= 0.3 is 0 Å². The number of nitrogens with one attached hydrogen (secondary N) is 1. The molecule has 2 heterocycles. The number of rotatable bonds is 3. The number of hydrogen-bond acceptors (Lipinski definition) is 6. The fourth-order valence-corrected chi connectivity index (χ4v) is 5.53. The van der Waals surface area contributed by atoms with E-state index in [2.05, 4.69) is 66.2 Å². The lowest BCUT2D eigenvalue weighted by atomic mass is 10.1. The average molecular weight is 380 g/mol. The second-order valence-corrected chi connectivity index (χ2v) is 8.48. The summed E-state index contributed by atoms with van der Waals surface area (Å²) in [5.41, 5.74) is 2.09. The highest BCUT2D eigenvalue weighted by atomic mass is 32.2. The van der Waals surface area contributed by atoms with Crippen molar-refractivity contribution >= 4 is 75.9 Å². The molecule has 3 nitrogen and oxygen atoms in total. The highest BCUT2D eigenvalue weighted by Crippen LogP contribution is 2.37. The second-order valence-electron chi connectivity index (χ2n) is 5.61. The summed E-state index contributed by atoms with van der Waals surface area (Å²) < 4.78 is 2.41. The zero-order chi connectivity index (χ0) is 16.8. The Balaban J connectivity index is 1.59. The van der Waals surface area contributed by atoms with Gasteiger partial charge in [0.2, 0.25) is 0 Å². The summed E-state index contributed by atoms with van der Waals surface area (Å²) in [6.07, 6.45) is 2.08. The monoisotopic (exact) mass is 379 g/mol. The van der Waals surface area contributed by atoms with Crippen LogP contribution in [0.1, 0.15) is 0 Å². The number of hydrogen-bond donors (Lipinski definition) is 1. The zero-order valence-electron chi connectivity index (χ0n) is 13.3. The maximum atomic E-state index is 4.76. The molecule has 6 heteroatoms. The molecule has 5 rings (SSSR count). The Labute approximate surface area is 156 Å². The molecular weight excluding hydrogens is 366 g/mol. The smallest absolute Gasteiger partial charge is 0.190 e. The summed E-state index contributed by atoms with van der Waals surface area (Å²) >= 11 is 5.07. The molecule has 0 bridgehead atoms. The zero-order valence-corrected chi connectivity index (χ0v) is 15.8. The lowest BCUT2D eigenvalue weighted by Gasteiger charge is -1.96. The Morgan fingerprint density at radius 2 is 1.76 bits per heavy atom. The van der Waals surface area contributed by atoms with Gasteiger partial charge in [0, 0.05) is 10.3 Å². The number of benzene rings is 3. The number of thiazole rings is 2. The maximum Gasteiger partial charge on any atom is 0.190 e. The molecule has 2 aromatic heterocycles. The maximum absolute atomic E-state index is 4.76. The molecule has 25 heavy (non-hydrogen) atoms. The standard InChI is InChI=1S/C19H13N3S3/c1-23-14-7-4-8-15-16(14)21-19(24-15)22-18-20-13-10-9-11-5-2-3-6-12(11)17(13)25-18/h2-10H,1H3,(H,20,21,22). The van der Waals surface area contributed by atoms with Crippen molar-refractivity contribution in [3.05, 3.63) is 54.6 Å². The fourth-order valence-electron chi connectivity index (χ4n) is 2.94. The van der Waals surface area contributed by atoms with Gasteiger partial charge in [0.05, 0.1) is 20.4 Å². The van der Waals surface area contributed by atoms with Crippen LogP contribution in [0.3, 0.4) is 0 Å². The largest absolute Gasteiger partial charge is 0.307 e. The SMILES string of the molecule is CSc1cccc2sc(Nc3nc4ccc5ccccc5c4s3)nc12. The van der Waals surface area contributed by atoms with E-state index >= 15 is 0 Å². The number of aromatic nitrogens is 2. The van der Waals surface area contributed by atoms with Gasteiger partial charge in [-0.3, -0.25) is 0 Å². The van der Waals surface area contributed by atoms with Crippen LogP contribution in [0.4, 0.5) is 10.3 Å². The molecular formula is C19H13N3S3. The van der Waals surface area contributed by atoms with Crippen LogP contribution in [0.5, 0.6) is 0 Å². The average Bonchev–Trinajstić information content (AvgIpc) is 3.24. The Hall–Kier alpha value is -2.15. The van der Waals surface area contributed by atoms with E-state index in [1.807, 2.05) is 0 Å². The van der Waals surface area contributed by atoms with Crippen LogP contribution in [0.15, 0.2) is 59.5 Å². The Morgan fingerprint density at radius 1 is 0.880 bits per heavy atom. The predicted molar refractivity (Wildman–Crippen MR) is 112 cm³/mol. The Kier molecular flexibility index (Phi) is 3.62. The van der Waals surface area contributed by atoms with E-state index in [-0.39, 0.29) is 0 Å². The number of thioether (sulfide) groups is 1. The molecule has 0 atom stereocenters. The van der Waals surface area contributed by atoms with Crippen LogP contribution in [-0.4, -0.2) is 16.2 Å². The fraction of sp³-hybridized carbons (Fsp3) is 0.0526. The predicted octanol–water partition coefficient (Wildman–Crippen LogP) is 6.52. The number of anilines is 2. The summed E-state index contributed by atoms with van der Waals surface area (Å²) in [6, 6.07) is 19.0. The van der Waals surface area contributed by atoms with E-state index in [1.165, 1.54) is 25.1 Å². The first kappa shape index (κ1) is 15.1. The topological polar surface area (TPSA) is 37.8 Å². The van der Waals surface area contributed by atoms with Crippen molar-refractivity contribution in [2.75, 3.05) is 11.6 Å². The van der Waals surface area contributed by atoms with E-state index in [0.29, 0.717) is 0 Å². The number of fused-ring (bicyclic) bond motifs is 4. The summed E-state index contributed by atoms with van der Waals surface area (Å²) in [4.78, 5) is 10.7. The van der Waals surface area contributed by atoms with Crippen molar-refractivity contribution in [2.24, 2.45) is 0 Å². The summed E-state index contributed by atoms with van der Waals surface area (Å²) in [6.45, 7) is 0. The molecule has 0 unspecified atom stereocenters. The molecule has 0 radical (unpaired) electrons. The highest BCUT2D eigenvalue weighted by molar-refractivity contribution is 7.98. The highest BCUT2D eigenvalue weighted by Gasteiger charge is 2.11. The van der Waals surface area contributed by atoms with Crippen molar-refractivity contribution in [1.29, 1.82) is 0 Å². The minimum Gasteiger partial charge on any atom is -0.307 e. The normalized spacial score (nSPS) is 11.6. The van der Waals surface area contributed by atoms with Crippen molar-refractivity contribution in [3.8, 4) is 0 Å². The van der Waals surface area contributed by atoms with Crippen LogP contribution in [0, 0.1) is 0 Å². The van der Waals surface area contributed by atoms with Crippen LogP contribution >= 0.6 is 34.4 Å². The molecule has 0 amide bonds. The van der Waals surface area contributed by atoms with E-state index in [9.17, 15) is 0 Å². The van der Waals surface area contributed by atoms with Gasteiger partial charge in [-0.15, -0.1) is 11.8 Å². The molecule has 122 valence electrons. The van der Waals surface area contributed by atoms with E-state index in [0.717, 1.165) is 21.3 Å². The summed E-state index contributed by atoms with van der Waals surface area (Å²) in [7, 11) is 0. The third-order valence-electron chi connectivity index (χ3n) is 4.10.